The monoisotopic (exact) mass is 428 g/mol. The van der Waals surface area contributed by atoms with Crippen LogP contribution in [0.5, 0.6) is 5.88 Å². The van der Waals surface area contributed by atoms with Crippen LogP contribution in [0.4, 0.5) is 4.79 Å². The van der Waals surface area contributed by atoms with Gasteiger partial charge in [-0.05, 0) is 52.5 Å². The number of aliphatic hydroxyl groups excluding tert-OH is 1. The maximum Gasteiger partial charge on any atom is 0.407 e. The second-order valence-corrected chi connectivity index (χ2v) is 9.54. The predicted molar refractivity (Wildman–Crippen MR) is 117 cm³/mol. The summed E-state index contributed by atoms with van der Waals surface area (Å²) in [5, 5.41) is 14.1. The topological polar surface area (TPSA) is 96.8 Å². The molecule has 2 N–H and O–H groups in total. The van der Waals surface area contributed by atoms with Crippen LogP contribution in [0.15, 0.2) is 24.4 Å². The molecular formula is C23H32N4O4. The Morgan fingerprint density at radius 3 is 2.65 bits per heavy atom. The Bertz CT molecular complexity index is 931. The number of hydrogen-bond donors (Lipinski definition) is 2. The number of carbonyl (C=O) groups excluding carboxylic acids is 1. The highest BCUT2D eigenvalue weighted by molar-refractivity contribution is 5.78. The molecular weight excluding hydrogens is 396 g/mol. The van der Waals surface area contributed by atoms with Crippen molar-refractivity contribution in [3.63, 3.8) is 0 Å². The number of benzene rings is 1. The van der Waals surface area contributed by atoms with Gasteiger partial charge in [0.2, 0.25) is 5.88 Å². The molecule has 2 bridgehead atoms. The average molecular weight is 429 g/mol. The predicted octanol–water partition coefficient (Wildman–Crippen LogP) is 3.19. The summed E-state index contributed by atoms with van der Waals surface area (Å²) in [7, 11) is 1.56. The van der Waals surface area contributed by atoms with E-state index in [9.17, 15) is 9.90 Å². The third-order valence-corrected chi connectivity index (χ3v) is 6.14. The summed E-state index contributed by atoms with van der Waals surface area (Å²) in [6, 6.07) is 6.46. The lowest BCUT2D eigenvalue weighted by atomic mass is 9.96. The number of amides is 1. The number of fused-ring (bicyclic) bond motifs is 3. The van der Waals surface area contributed by atoms with Gasteiger partial charge in [0.25, 0.3) is 0 Å². The zero-order valence-electron chi connectivity index (χ0n) is 18.7. The van der Waals surface area contributed by atoms with Crippen LogP contribution in [0, 0.1) is 0 Å². The Labute approximate surface area is 183 Å². The highest BCUT2D eigenvalue weighted by Gasteiger charge is 2.42. The summed E-state index contributed by atoms with van der Waals surface area (Å²) in [5.74, 6) is 0.432. The molecule has 1 amide bonds. The van der Waals surface area contributed by atoms with E-state index in [0.29, 0.717) is 30.0 Å². The van der Waals surface area contributed by atoms with Crippen molar-refractivity contribution < 1.29 is 19.4 Å². The van der Waals surface area contributed by atoms with E-state index in [0.717, 1.165) is 36.8 Å². The van der Waals surface area contributed by atoms with Crippen molar-refractivity contribution in [3.8, 4) is 5.88 Å². The molecule has 2 aliphatic heterocycles. The van der Waals surface area contributed by atoms with Gasteiger partial charge in [-0.15, -0.1) is 0 Å². The molecule has 4 rings (SSSR count). The van der Waals surface area contributed by atoms with E-state index < -0.39 is 11.7 Å². The number of para-hydroxylation sites is 1. The molecule has 168 valence electrons. The number of ether oxygens (including phenoxy) is 2. The minimum Gasteiger partial charge on any atom is -0.480 e. The highest BCUT2D eigenvalue weighted by atomic mass is 16.6. The van der Waals surface area contributed by atoms with Crippen LogP contribution in [-0.2, 0) is 4.74 Å². The fourth-order valence-electron chi connectivity index (χ4n) is 4.87. The van der Waals surface area contributed by atoms with Gasteiger partial charge in [-0.2, -0.15) is 0 Å². The largest absolute Gasteiger partial charge is 0.480 e. The van der Waals surface area contributed by atoms with E-state index in [1.165, 1.54) is 0 Å². The smallest absolute Gasteiger partial charge is 0.407 e. The normalized spacial score (nSPS) is 24.7. The minimum absolute atomic E-state index is 0.105. The number of aliphatic hydroxyl groups is 1. The first-order valence-corrected chi connectivity index (χ1v) is 11.0. The van der Waals surface area contributed by atoms with Crippen LogP contribution in [0.25, 0.3) is 11.0 Å². The lowest BCUT2D eigenvalue weighted by Gasteiger charge is -2.40. The summed E-state index contributed by atoms with van der Waals surface area (Å²) >= 11 is 0. The fourth-order valence-corrected chi connectivity index (χ4v) is 4.87. The van der Waals surface area contributed by atoms with Crippen molar-refractivity contribution in [2.24, 2.45) is 0 Å². The average Bonchev–Trinajstić information content (AvgIpc) is 2.93. The van der Waals surface area contributed by atoms with Crippen LogP contribution >= 0.6 is 0 Å². The van der Waals surface area contributed by atoms with Crippen molar-refractivity contribution >= 4 is 17.1 Å². The van der Waals surface area contributed by atoms with Crippen molar-refractivity contribution in [3.05, 3.63) is 30.0 Å². The molecule has 31 heavy (non-hydrogen) atoms. The lowest BCUT2D eigenvalue weighted by molar-refractivity contribution is 0.0348. The minimum atomic E-state index is -0.677. The Morgan fingerprint density at radius 2 is 2.00 bits per heavy atom. The van der Waals surface area contributed by atoms with Crippen molar-refractivity contribution in [2.45, 2.75) is 76.3 Å². The van der Waals surface area contributed by atoms with Crippen LogP contribution in [0.3, 0.4) is 0 Å². The Hall–Kier alpha value is -2.45. The standard InChI is InChI=1S/C23H32N4O4/c1-23(2,3)31-22(29)25-14-10-15-8-9-16(11-14)27(15)13-19(28)17-6-5-7-18-21(17)26-20(30-4)12-24-18/h5-7,12,14-16,19,28H,8-11,13H2,1-4H3,(H,25,29). The van der Waals surface area contributed by atoms with Crippen LogP contribution in [0.2, 0.25) is 0 Å². The van der Waals surface area contributed by atoms with Gasteiger partial charge in [0, 0.05) is 30.2 Å². The lowest BCUT2D eigenvalue weighted by Crippen LogP contribution is -2.52. The summed E-state index contributed by atoms with van der Waals surface area (Å²) < 4.78 is 10.6. The number of alkyl carbamates (subject to hydrolysis) is 1. The molecule has 1 aromatic heterocycles. The molecule has 8 heteroatoms. The van der Waals surface area contributed by atoms with Gasteiger partial charge in [0.15, 0.2) is 0 Å². The maximum absolute atomic E-state index is 12.2. The van der Waals surface area contributed by atoms with Gasteiger partial charge in [-0.1, -0.05) is 12.1 Å². The summed E-state index contributed by atoms with van der Waals surface area (Å²) in [6.45, 7) is 6.14. The summed E-state index contributed by atoms with van der Waals surface area (Å²) in [4.78, 5) is 23.5. The van der Waals surface area contributed by atoms with E-state index in [2.05, 4.69) is 20.2 Å². The Balaban J connectivity index is 1.43. The first-order valence-electron chi connectivity index (χ1n) is 11.0. The third-order valence-electron chi connectivity index (χ3n) is 6.14. The molecule has 0 spiro atoms. The number of carbonyl (C=O) groups is 1. The SMILES string of the molecule is COc1cnc2cccc(C(O)CN3C4CCC3CC(NC(=O)OC(C)(C)C)C4)c2n1. The number of hydrogen-bond acceptors (Lipinski definition) is 7. The number of piperidine rings is 1. The molecule has 2 fully saturated rings. The molecule has 2 aromatic rings. The number of methoxy groups -OCH3 is 1. The first-order chi connectivity index (χ1) is 14.7. The van der Waals surface area contributed by atoms with E-state index in [1.54, 1.807) is 13.3 Å². The molecule has 0 radical (unpaired) electrons. The molecule has 3 unspecified atom stereocenters. The molecule has 2 saturated heterocycles. The molecule has 1 aromatic carbocycles. The van der Waals surface area contributed by atoms with Crippen molar-refractivity contribution in [1.29, 1.82) is 0 Å². The van der Waals surface area contributed by atoms with Gasteiger partial charge < -0.3 is 19.9 Å². The second kappa shape index (κ2) is 8.59. The molecule has 8 nitrogen and oxygen atoms in total. The summed E-state index contributed by atoms with van der Waals surface area (Å²) in [6.07, 6.45) is 4.44. The van der Waals surface area contributed by atoms with Gasteiger partial charge in [0.05, 0.1) is 30.4 Å². The molecule has 3 atom stereocenters. The van der Waals surface area contributed by atoms with E-state index in [-0.39, 0.29) is 12.1 Å². The van der Waals surface area contributed by atoms with E-state index in [4.69, 9.17) is 9.47 Å². The zero-order valence-corrected chi connectivity index (χ0v) is 18.7. The van der Waals surface area contributed by atoms with Crippen molar-refractivity contribution in [1.82, 2.24) is 20.2 Å². The third kappa shape index (κ3) is 4.91. The quantitative estimate of drug-likeness (QED) is 0.755. The summed E-state index contributed by atoms with van der Waals surface area (Å²) in [5.41, 5.74) is 1.67. The van der Waals surface area contributed by atoms with Gasteiger partial charge in [0.1, 0.15) is 5.60 Å². The second-order valence-electron chi connectivity index (χ2n) is 9.54. The van der Waals surface area contributed by atoms with E-state index in [1.807, 2.05) is 39.0 Å². The molecule has 3 heterocycles. The van der Waals surface area contributed by atoms with Crippen molar-refractivity contribution in [2.75, 3.05) is 13.7 Å². The highest BCUT2D eigenvalue weighted by Crippen LogP contribution is 2.37. The number of rotatable bonds is 5. The molecule has 0 aliphatic carbocycles. The molecule has 2 aliphatic rings. The van der Waals surface area contributed by atoms with Crippen LogP contribution in [-0.4, -0.2) is 63.4 Å². The first kappa shape index (κ1) is 21.8. The maximum atomic E-state index is 12.2. The van der Waals surface area contributed by atoms with Crippen LogP contribution in [0.1, 0.15) is 58.1 Å². The van der Waals surface area contributed by atoms with Gasteiger partial charge in [-0.25, -0.2) is 14.8 Å². The molecule has 0 saturated carbocycles. The van der Waals surface area contributed by atoms with E-state index >= 15 is 0 Å². The van der Waals surface area contributed by atoms with Crippen LogP contribution < -0.4 is 10.1 Å². The van der Waals surface area contributed by atoms with Gasteiger partial charge in [-0.3, -0.25) is 4.90 Å². The Morgan fingerprint density at radius 1 is 1.29 bits per heavy atom. The number of nitrogens with zero attached hydrogens (tertiary/aromatic N) is 3. The Kier molecular flexibility index (Phi) is 6.03. The number of aromatic nitrogens is 2. The number of nitrogens with one attached hydrogen (secondary N) is 1. The fraction of sp³-hybridized carbons (Fsp3) is 0.609. The zero-order chi connectivity index (χ0) is 22.2. The van der Waals surface area contributed by atoms with Gasteiger partial charge >= 0.3 is 6.09 Å².